The summed E-state index contributed by atoms with van der Waals surface area (Å²) < 4.78 is 5.45. The lowest BCUT2D eigenvalue weighted by Crippen LogP contribution is -2.40. The summed E-state index contributed by atoms with van der Waals surface area (Å²) in [5, 5.41) is 9.77. The van der Waals surface area contributed by atoms with Gasteiger partial charge in [0.1, 0.15) is 16.4 Å². The molecule has 0 radical (unpaired) electrons. The zero-order valence-corrected chi connectivity index (χ0v) is 18.1. The van der Waals surface area contributed by atoms with Gasteiger partial charge in [-0.2, -0.15) is 4.98 Å². The number of nitrogens with one attached hydrogen (secondary N) is 3. The number of anilines is 2. The highest BCUT2D eigenvalue weighted by atomic mass is 32.1. The Balaban J connectivity index is 1.53. The van der Waals surface area contributed by atoms with Gasteiger partial charge in [0.15, 0.2) is 0 Å². The summed E-state index contributed by atoms with van der Waals surface area (Å²) in [6.07, 6.45) is 2.14. The Hall–Kier alpha value is -2.75. The summed E-state index contributed by atoms with van der Waals surface area (Å²) in [6, 6.07) is 10.2. The van der Waals surface area contributed by atoms with Gasteiger partial charge in [-0.15, -0.1) is 11.3 Å². The van der Waals surface area contributed by atoms with Crippen molar-refractivity contribution in [2.75, 3.05) is 49.6 Å². The van der Waals surface area contributed by atoms with Gasteiger partial charge in [0.25, 0.3) is 5.56 Å². The van der Waals surface area contributed by atoms with Gasteiger partial charge in [0, 0.05) is 36.6 Å². The van der Waals surface area contributed by atoms with Gasteiger partial charge in [-0.1, -0.05) is 30.3 Å². The number of benzene rings is 1. The van der Waals surface area contributed by atoms with Crippen molar-refractivity contribution in [3.8, 4) is 21.8 Å². The van der Waals surface area contributed by atoms with Crippen LogP contribution in [0.1, 0.15) is 12.8 Å². The van der Waals surface area contributed by atoms with Crippen molar-refractivity contribution in [2.45, 2.75) is 18.9 Å². The highest BCUT2D eigenvalue weighted by molar-refractivity contribution is 7.13. The molecule has 9 heteroatoms. The van der Waals surface area contributed by atoms with E-state index < -0.39 is 0 Å². The Labute approximate surface area is 184 Å². The van der Waals surface area contributed by atoms with E-state index in [1.165, 1.54) is 11.3 Å². The standard InChI is InChI=1S/C22H26N6O2S/c29-20-18(17-14-31-21(25-17)15-5-2-1-3-6-15)19(24-16-7-4-8-23-13-16)26-22(27-20)28-9-11-30-12-10-28/h1-3,5-6,14,16,23H,4,7-13H2,(H2,24,26,27,29)/t16-/m1/s1. The Morgan fingerprint density at radius 2 is 2.00 bits per heavy atom. The number of piperidine rings is 1. The molecule has 5 rings (SSSR count). The normalized spacial score (nSPS) is 19.4. The average molecular weight is 439 g/mol. The number of ether oxygens (including phenoxy) is 1. The van der Waals surface area contributed by atoms with E-state index in [0.717, 1.165) is 36.5 Å². The van der Waals surface area contributed by atoms with Crippen LogP contribution >= 0.6 is 11.3 Å². The molecule has 2 aliphatic heterocycles. The molecule has 2 aliphatic rings. The number of H-pyrrole nitrogens is 1. The van der Waals surface area contributed by atoms with E-state index in [-0.39, 0.29) is 11.6 Å². The molecule has 2 aromatic heterocycles. The molecule has 0 amide bonds. The summed E-state index contributed by atoms with van der Waals surface area (Å²) in [5.41, 5.74) is 2.02. The molecule has 162 valence electrons. The predicted octanol–water partition coefficient (Wildman–Crippen LogP) is 2.56. The number of aromatic nitrogens is 3. The lowest BCUT2D eigenvalue weighted by Gasteiger charge is -2.29. The van der Waals surface area contributed by atoms with E-state index in [4.69, 9.17) is 14.7 Å². The van der Waals surface area contributed by atoms with E-state index in [9.17, 15) is 4.79 Å². The smallest absolute Gasteiger partial charge is 0.263 e. The predicted molar refractivity (Wildman–Crippen MR) is 124 cm³/mol. The topological polar surface area (TPSA) is 95.2 Å². The van der Waals surface area contributed by atoms with Crippen LogP contribution in [0, 0.1) is 0 Å². The van der Waals surface area contributed by atoms with Gasteiger partial charge in [-0.05, 0) is 19.4 Å². The van der Waals surface area contributed by atoms with Gasteiger partial charge < -0.3 is 20.3 Å². The first kappa shape index (κ1) is 20.2. The van der Waals surface area contributed by atoms with Crippen LogP contribution in [0.5, 0.6) is 0 Å². The van der Waals surface area contributed by atoms with Crippen molar-refractivity contribution < 1.29 is 4.74 Å². The third kappa shape index (κ3) is 4.48. The molecular formula is C22H26N6O2S. The fraction of sp³-hybridized carbons (Fsp3) is 0.409. The second kappa shape index (κ2) is 9.17. The van der Waals surface area contributed by atoms with Gasteiger partial charge in [-0.25, -0.2) is 4.98 Å². The van der Waals surface area contributed by atoms with E-state index in [2.05, 4.69) is 20.5 Å². The van der Waals surface area contributed by atoms with Crippen LogP contribution in [-0.4, -0.2) is 60.4 Å². The molecule has 3 aromatic rings. The minimum Gasteiger partial charge on any atom is -0.378 e. The van der Waals surface area contributed by atoms with E-state index in [1.807, 2.05) is 35.7 Å². The van der Waals surface area contributed by atoms with Gasteiger partial charge in [0.05, 0.1) is 18.9 Å². The summed E-state index contributed by atoms with van der Waals surface area (Å²) in [7, 11) is 0. The fourth-order valence-electron chi connectivity index (χ4n) is 4.00. The van der Waals surface area contributed by atoms with Crippen LogP contribution < -0.4 is 21.1 Å². The Bertz CT molecular complexity index is 1070. The molecule has 31 heavy (non-hydrogen) atoms. The minimum atomic E-state index is -0.173. The molecule has 2 fully saturated rings. The monoisotopic (exact) mass is 438 g/mol. The van der Waals surface area contributed by atoms with Crippen molar-refractivity contribution >= 4 is 23.1 Å². The van der Waals surface area contributed by atoms with E-state index in [0.29, 0.717) is 49.3 Å². The zero-order valence-electron chi connectivity index (χ0n) is 17.3. The molecule has 0 aliphatic carbocycles. The number of nitrogens with zero attached hydrogens (tertiary/aromatic N) is 3. The molecule has 4 heterocycles. The summed E-state index contributed by atoms with van der Waals surface area (Å²) in [4.78, 5) is 27.9. The minimum absolute atomic E-state index is 0.173. The van der Waals surface area contributed by atoms with Crippen LogP contribution in [-0.2, 0) is 4.74 Å². The number of thiazole rings is 1. The molecule has 0 spiro atoms. The van der Waals surface area contributed by atoms with Crippen LogP contribution in [0.3, 0.4) is 0 Å². The molecule has 3 N–H and O–H groups in total. The van der Waals surface area contributed by atoms with Gasteiger partial charge >= 0.3 is 0 Å². The lowest BCUT2D eigenvalue weighted by molar-refractivity contribution is 0.122. The van der Waals surface area contributed by atoms with Crippen molar-refractivity contribution in [1.82, 2.24) is 20.3 Å². The molecule has 0 saturated carbocycles. The SMILES string of the molecule is O=c1[nH]c(N2CCOCC2)nc(N[C@@H]2CCCNC2)c1-c1csc(-c2ccccc2)n1. The Morgan fingerprint density at radius 1 is 1.16 bits per heavy atom. The number of hydrogen-bond acceptors (Lipinski definition) is 8. The summed E-state index contributed by atoms with van der Waals surface area (Å²) >= 11 is 1.53. The molecule has 0 bridgehead atoms. The lowest BCUT2D eigenvalue weighted by atomic mass is 10.1. The van der Waals surface area contributed by atoms with Crippen LogP contribution in [0.2, 0.25) is 0 Å². The summed E-state index contributed by atoms with van der Waals surface area (Å²) in [5.74, 6) is 1.19. The first-order valence-electron chi connectivity index (χ1n) is 10.7. The maximum atomic E-state index is 13.2. The third-order valence-corrected chi connectivity index (χ3v) is 6.53. The quantitative estimate of drug-likeness (QED) is 0.563. The molecule has 1 aromatic carbocycles. The number of morpholine rings is 1. The second-order valence-corrected chi connectivity index (χ2v) is 8.66. The van der Waals surface area contributed by atoms with Crippen LogP contribution in [0.4, 0.5) is 11.8 Å². The second-order valence-electron chi connectivity index (χ2n) is 7.80. The third-order valence-electron chi connectivity index (χ3n) is 5.64. The van der Waals surface area contributed by atoms with Crippen molar-refractivity contribution in [3.63, 3.8) is 0 Å². The molecular weight excluding hydrogens is 412 g/mol. The Morgan fingerprint density at radius 3 is 2.77 bits per heavy atom. The molecule has 2 saturated heterocycles. The van der Waals surface area contributed by atoms with E-state index in [1.54, 1.807) is 0 Å². The van der Waals surface area contributed by atoms with Crippen LogP contribution in [0.25, 0.3) is 21.8 Å². The maximum Gasteiger partial charge on any atom is 0.263 e. The van der Waals surface area contributed by atoms with Crippen molar-refractivity contribution in [2.24, 2.45) is 0 Å². The van der Waals surface area contributed by atoms with Gasteiger partial charge in [0.2, 0.25) is 5.95 Å². The van der Waals surface area contributed by atoms with Crippen molar-refractivity contribution in [3.05, 3.63) is 46.1 Å². The molecule has 0 unspecified atom stereocenters. The summed E-state index contributed by atoms with van der Waals surface area (Å²) in [6.45, 7) is 4.57. The van der Waals surface area contributed by atoms with Gasteiger partial charge in [-0.3, -0.25) is 9.78 Å². The zero-order chi connectivity index (χ0) is 21.0. The van der Waals surface area contributed by atoms with Crippen molar-refractivity contribution in [1.29, 1.82) is 0 Å². The first-order valence-corrected chi connectivity index (χ1v) is 11.6. The highest BCUT2D eigenvalue weighted by Crippen LogP contribution is 2.31. The first-order chi connectivity index (χ1) is 15.3. The molecule has 1 atom stereocenters. The molecule has 8 nitrogen and oxygen atoms in total. The average Bonchev–Trinajstić information content (AvgIpc) is 3.30. The largest absolute Gasteiger partial charge is 0.378 e. The Kier molecular flexibility index (Phi) is 5.97. The number of hydrogen-bond donors (Lipinski definition) is 3. The maximum absolute atomic E-state index is 13.2. The van der Waals surface area contributed by atoms with E-state index >= 15 is 0 Å². The fourth-order valence-corrected chi connectivity index (χ4v) is 4.82. The number of aromatic amines is 1. The number of rotatable bonds is 5. The van der Waals surface area contributed by atoms with Crippen LogP contribution in [0.15, 0.2) is 40.5 Å². The highest BCUT2D eigenvalue weighted by Gasteiger charge is 2.23.